The first-order chi connectivity index (χ1) is 4.67. The predicted octanol–water partition coefficient (Wildman–Crippen LogP) is 0.547. The van der Waals surface area contributed by atoms with Crippen LogP contribution < -0.4 is 5.73 Å². The molecule has 4 heteroatoms. The Hall–Kier alpha value is -0.0900. The SMILES string of the molecule is CC(N)CS(=O)(=O)C(C)(C)C. The molecule has 0 aliphatic carbocycles. The normalized spacial score (nSPS) is 16.5. The Morgan fingerprint density at radius 1 is 1.36 bits per heavy atom. The van der Waals surface area contributed by atoms with Gasteiger partial charge in [-0.25, -0.2) is 8.42 Å². The van der Waals surface area contributed by atoms with Crippen LogP contribution >= 0.6 is 0 Å². The average Bonchev–Trinajstić information content (AvgIpc) is 1.56. The number of hydrogen-bond acceptors (Lipinski definition) is 3. The van der Waals surface area contributed by atoms with Gasteiger partial charge in [-0.2, -0.15) is 0 Å². The van der Waals surface area contributed by atoms with Gasteiger partial charge >= 0.3 is 0 Å². The predicted molar refractivity (Wildman–Crippen MR) is 47.2 cm³/mol. The van der Waals surface area contributed by atoms with Gasteiger partial charge in [0.2, 0.25) is 0 Å². The fourth-order valence-corrected chi connectivity index (χ4v) is 1.79. The maximum atomic E-state index is 11.4. The summed E-state index contributed by atoms with van der Waals surface area (Å²) in [5, 5.41) is 0. The minimum atomic E-state index is -3.02. The van der Waals surface area contributed by atoms with Crippen LogP contribution in [0.1, 0.15) is 27.7 Å². The minimum Gasteiger partial charge on any atom is -0.327 e. The summed E-state index contributed by atoms with van der Waals surface area (Å²) in [5.74, 6) is 0.0660. The average molecular weight is 179 g/mol. The van der Waals surface area contributed by atoms with E-state index in [0.29, 0.717) is 0 Å². The first kappa shape index (κ1) is 10.9. The summed E-state index contributed by atoms with van der Waals surface area (Å²) in [4.78, 5) is 0. The maximum absolute atomic E-state index is 11.4. The molecule has 0 bridgehead atoms. The molecule has 0 amide bonds. The second kappa shape index (κ2) is 3.11. The number of sulfone groups is 1. The Morgan fingerprint density at radius 3 is 1.82 bits per heavy atom. The molecule has 0 fully saturated rings. The third-order valence-electron chi connectivity index (χ3n) is 1.42. The van der Waals surface area contributed by atoms with Gasteiger partial charge in [-0.15, -0.1) is 0 Å². The summed E-state index contributed by atoms with van der Waals surface area (Å²) in [6.07, 6.45) is 0. The fourth-order valence-electron chi connectivity index (χ4n) is 0.596. The third-order valence-corrected chi connectivity index (χ3v) is 4.25. The highest BCUT2D eigenvalue weighted by Gasteiger charge is 2.29. The highest BCUT2D eigenvalue weighted by Crippen LogP contribution is 2.15. The number of nitrogens with two attached hydrogens (primary N) is 1. The second-order valence-corrected chi connectivity index (χ2v) is 6.66. The first-order valence-corrected chi connectivity index (χ1v) is 5.30. The van der Waals surface area contributed by atoms with Crippen LogP contribution in [-0.4, -0.2) is 25.0 Å². The standard InChI is InChI=1S/C7H17NO2S/c1-6(8)5-11(9,10)7(2,3)4/h6H,5,8H2,1-4H3. The molecule has 1 atom stereocenters. The zero-order chi connectivity index (χ0) is 9.28. The van der Waals surface area contributed by atoms with Gasteiger partial charge in [-0.05, 0) is 27.7 Å². The van der Waals surface area contributed by atoms with Crippen molar-refractivity contribution in [3.63, 3.8) is 0 Å². The lowest BCUT2D eigenvalue weighted by Crippen LogP contribution is -2.37. The lowest BCUT2D eigenvalue weighted by atomic mass is 10.3. The topological polar surface area (TPSA) is 60.2 Å². The Balaban J connectivity index is 4.51. The van der Waals surface area contributed by atoms with Crippen molar-refractivity contribution in [1.82, 2.24) is 0 Å². The molecular formula is C7H17NO2S. The van der Waals surface area contributed by atoms with E-state index < -0.39 is 14.6 Å². The smallest absolute Gasteiger partial charge is 0.156 e. The van der Waals surface area contributed by atoms with Crippen LogP contribution in [0, 0.1) is 0 Å². The summed E-state index contributed by atoms with van der Waals surface area (Å²) >= 11 is 0. The van der Waals surface area contributed by atoms with E-state index in [4.69, 9.17) is 5.73 Å². The highest BCUT2D eigenvalue weighted by molar-refractivity contribution is 7.92. The van der Waals surface area contributed by atoms with Crippen molar-refractivity contribution in [2.75, 3.05) is 5.75 Å². The van der Waals surface area contributed by atoms with E-state index in [1.54, 1.807) is 27.7 Å². The van der Waals surface area contributed by atoms with Gasteiger partial charge in [0.1, 0.15) is 0 Å². The molecular weight excluding hydrogens is 162 g/mol. The summed E-state index contributed by atoms with van der Waals surface area (Å²) in [6.45, 7) is 6.75. The van der Waals surface area contributed by atoms with Crippen molar-refractivity contribution in [3.05, 3.63) is 0 Å². The first-order valence-electron chi connectivity index (χ1n) is 3.65. The molecule has 3 nitrogen and oxygen atoms in total. The Kier molecular flexibility index (Phi) is 3.08. The molecule has 0 saturated carbocycles. The second-order valence-electron chi connectivity index (χ2n) is 3.87. The van der Waals surface area contributed by atoms with Crippen LogP contribution in [0.2, 0.25) is 0 Å². The van der Waals surface area contributed by atoms with Crippen molar-refractivity contribution in [3.8, 4) is 0 Å². The zero-order valence-electron chi connectivity index (χ0n) is 7.59. The molecule has 0 rings (SSSR count). The lowest BCUT2D eigenvalue weighted by molar-refractivity contribution is 0.554. The Bertz CT molecular complexity index is 211. The van der Waals surface area contributed by atoms with Crippen LogP contribution in [0.3, 0.4) is 0 Å². The molecule has 2 N–H and O–H groups in total. The minimum absolute atomic E-state index is 0.0660. The molecule has 0 heterocycles. The van der Waals surface area contributed by atoms with Gasteiger partial charge in [0.25, 0.3) is 0 Å². The van der Waals surface area contributed by atoms with Crippen molar-refractivity contribution in [1.29, 1.82) is 0 Å². The van der Waals surface area contributed by atoms with Crippen molar-refractivity contribution >= 4 is 9.84 Å². The molecule has 0 radical (unpaired) electrons. The molecule has 0 aromatic rings. The Morgan fingerprint density at radius 2 is 1.73 bits per heavy atom. The summed E-state index contributed by atoms with van der Waals surface area (Å²) in [5.41, 5.74) is 5.40. The molecule has 0 aliphatic rings. The lowest BCUT2D eigenvalue weighted by Gasteiger charge is -2.20. The van der Waals surface area contributed by atoms with Crippen molar-refractivity contribution < 1.29 is 8.42 Å². The van der Waals surface area contributed by atoms with Gasteiger partial charge in [0.05, 0.1) is 10.5 Å². The van der Waals surface area contributed by atoms with Gasteiger partial charge < -0.3 is 5.73 Å². The highest BCUT2D eigenvalue weighted by atomic mass is 32.2. The summed E-state index contributed by atoms with van der Waals surface area (Å²) in [6, 6.07) is -0.278. The molecule has 0 aliphatic heterocycles. The van der Waals surface area contributed by atoms with E-state index >= 15 is 0 Å². The van der Waals surface area contributed by atoms with Crippen LogP contribution in [-0.2, 0) is 9.84 Å². The zero-order valence-corrected chi connectivity index (χ0v) is 8.40. The largest absolute Gasteiger partial charge is 0.327 e. The van der Waals surface area contributed by atoms with Crippen molar-refractivity contribution in [2.24, 2.45) is 5.73 Å². The van der Waals surface area contributed by atoms with Crippen LogP contribution in [0.4, 0.5) is 0 Å². The van der Waals surface area contributed by atoms with Crippen LogP contribution in [0.5, 0.6) is 0 Å². The van der Waals surface area contributed by atoms with E-state index in [-0.39, 0.29) is 11.8 Å². The van der Waals surface area contributed by atoms with Crippen LogP contribution in [0.15, 0.2) is 0 Å². The van der Waals surface area contributed by atoms with Gasteiger partial charge in [0, 0.05) is 6.04 Å². The number of rotatable bonds is 2. The molecule has 0 spiro atoms. The van der Waals surface area contributed by atoms with Crippen LogP contribution in [0.25, 0.3) is 0 Å². The van der Waals surface area contributed by atoms with Gasteiger partial charge in [0.15, 0.2) is 9.84 Å². The van der Waals surface area contributed by atoms with Gasteiger partial charge in [-0.1, -0.05) is 0 Å². The maximum Gasteiger partial charge on any atom is 0.156 e. The molecule has 1 unspecified atom stereocenters. The number of hydrogen-bond donors (Lipinski definition) is 1. The Labute approximate surface area is 68.9 Å². The van der Waals surface area contributed by atoms with Gasteiger partial charge in [-0.3, -0.25) is 0 Å². The monoisotopic (exact) mass is 179 g/mol. The van der Waals surface area contributed by atoms with Crippen molar-refractivity contribution in [2.45, 2.75) is 38.5 Å². The van der Waals surface area contributed by atoms with E-state index in [1.807, 2.05) is 0 Å². The molecule has 0 aromatic carbocycles. The van der Waals surface area contributed by atoms with E-state index in [9.17, 15) is 8.42 Å². The molecule has 0 saturated heterocycles. The molecule has 68 valence electrons. The van der Waals surface area contributed by atoms with E-state index in [2.05, 4.69) is 0 Å². The van der Waals surface area contributed by atoms with E-state index in [0.717, 1.165) is 0 Å². The van der Waals surface area contributed by atoms with E-state index in [1.165, 1.54) is 0 Å². The summed E-state index contributed by atoms with van der Waals surface area (Å²) in [7, 11) is -3.02. The quantitative estimate of drug-likeness (QED) is 0.673. The fraction of sp³-hybridized carbons (Fsp3) is 1.00. The molecule has 11 heavy (non-hydrogen) atoms. The third kappa shape index (κ3) is 3.20. The molecule has 0 aromatic heterocycles. The summed E-state index contributed by atoms with van der Waals surface area (Å²) < 4.78 is 22.1.